The molecular formula is C16H16INO2S. The van der Waals surface area contributed by atoms with Crippen molar-refractivity contribution in [3.05, 3.63) is 37.6 Å². The molecule has 1 N–H and O–H groups in total. The monoisotopic (exact) mass is 413 g/mol. The van der Waals surface area contributed by atoms with Crippen LogP contribution in [0, 0.1) is 2.88 Å². The molecule has 0 amide bonds. The van der Waals surface area contributed by atoms with Gasteiger partial charge in [0.2, 0.25) is 0 Å². The first kappa shape index (κ1) is 13.7. The summed E-state index contributed by atoms with van der Waals surface area (Å²) in [6, 6.07) is 8.88. The third kappa shape index (κ3) is 2.73. The van der Waals surface area contributed by atoms with Crippen molar-refractivity contribution in [2.24, 2.45) is 0 Å². The average molecular weight is 413 g/mol. The molecule has 1 aromatic carbocycles. The van der Waals surface area contributed by atoms with Crippen molar-refractivity contribution in [3.8, 4) is 11.5 Å². The molecule has 2 aromatic rings. The summed E-state index contributed by atoms with van der Waals surface area (Å²) in [5.41, 5.74) is 2.59. The number of anilines is 1. The highest BCUT2D eigenvalue weighted by Crippen LogP contribution is 2.39. The highest BCUT2D eigenvalue weighted by molar-refractivity contribution is 14.1. The van der Waals surface area contributed by atoms with Crippen LogP contribution in [0.4, 0.5) is 5.69 Å². The number of aryl methyl sites for hydroxylation is 1. The van der Waals surface area contributed by atoms with E-state index in [0.29, 0.717) is 19.3 Å². The third-order valence-electron chi connectivity index (χ3n) is 3.97. The minimum absolute atomic E-state index is 0.413. The summed E-state index contributed by atoms with van der Waals surface area (Å²) in [7, 11) is 0. The van der Waals surface area contributed by atoms with Gasteiger partial charge in [-0.05, 0) is 65.6 Å². The van der Waals surface area contributed by atoms with Gasteiger partial charge in [0.05, 0.1) is 8.93 Å². The molecule has 4 rings (SSSR count). The van der Waals surface area contributed by atoms with Gasteiger partial charge in [-0.1, -0.05) is 0 Å². The Labute approximate surface area is 141 Å². The van der Waals surface area contributed by atoms with Crippen LogP contribution in [-0.4, -0.2) is 13.2 Å². The van der Waals surface area contributed by atoms with E-state index in [0.717, 1.165) is 17.2 Å². The van der Waals surface area contributed by atoms with Crippen molar-refractivity contribution in [1.29, 1.82) is 0 Å². The van der Waals surface area contributed by atoms with Crippen molar-refractivity contribution in [3.63, 3.8) is 0 Å². The number of hydrogen-bond donors (Lipinski definition) is 1. The molecule has 0 spiro atoms. The number of fused-ring (bicyclic) bond motifs is 2. The largest absolute Gasteiger partial charge is 0.486 e. The van der Waals surface area contributed by atoms with Crippen LogP contribution in [0.1, 0.15) is 29.3 Å². The lowest BCUT2D eigenvalue weighted by Gasteiger charge is -2.26. The van der Waals surface area contributed by atoms with Crippen LogP contribution in [0.15, 0.2) is 24.3 Å². The zero-order valence-electron chi connectivity index (χ0n) is 11.5. The van der Waals surface area contributed by atoms with Gasteiger partial charge in [0.1, 0.15) is 13.2 Å². The highest BCUT2D eigenvalue weighted by atomic mass is 127. The minimum atomic E-state index is 0.413. The maximum absolute atomic E-state index is 5.66. The summed E-state index contributed by atoms with van der Waals surface area (Å²) >= 11 is 4.35. The van der Waals surface area contributed by atoms with Crippen molar-refractivity contribution >= 4 is 39.6 Å². The smallest absolute Gasteiger partial charge is 0.163 e. The lowest BCUT2D eigenvalue weighted by Crippen LogP contribution is -2.17. The first-order valence-corrected chi connectivity index (χ1v) is 9.13. The SMILES string of the molecule is Ic1cc2c(s1)CCCC2Nc1ccc2c(c1)OCCO2. The van der Waals surface area contributed by atoms with Crippen LogP contribution >= 0.6 is 33.9 Å². The van der Waals surface area contributed by atoms with Gasteiger partial charge in [-0.25, -0.2) is 0 Å². The van der Waals surface area contributed by atoms with E-state index in [9.17, 15) is 0 Å². The number of halogens is 1. The molecule has 1 aliphatic carbocycles. The van der Waals surface area contributed by atoms with Gasteiger partial charge < -0.3 is 14.8 Å². The van der Waals surface area contributed by atoms with E-state index < -0.39 is 0 Å². The van der Waals surface area contributed by atoms with E-state index in [1.165, 1.54) is 27.7 Å². The Hall–Kier alpha value is -0.950. The summed E-state index contributed by atoms with van der Waals surface area (Å²) < 4.78 is 12.6. The second kappa shape index (κ2) is 5.68. The topological polar surface area (TPSA) is 30.5 Å². The van der Waals surface area contributed by atoms with Gasteiger partial charge in [-0.15, -0.1) is 11.3 Å². The second-order valence-corrected chi connectivity index (χ2v) is 8.41. The van der Waals surface area contributed by atoms with Crippen molar-refractivity contribution in [2.45, 2.75) is 25.3 Å². The molecule has 1 aromatic heterocycles. The van der Waals surface area contributed by atoms with Crippen molar-refractivity contribution < 1.29 is 9.47 Å². The van der Waals surface area contributed by atoms with E-state index >= 15 is 0 Å². The minimum Gasteiger partial charge on any atom is -0.486 e. The van der Waals surface area contributed by atoms with Crippen molar-refractivity contribution in [2.75, 3.05) is 18.5 Å². The number of benzene rings is 1. The maximum Gasteiger partial charge on any atom is 0.163 e. The Morgan fingerprint density at radius 1 is 1.14 bits per heavy atom. The van der Waals surface area contributed by atoms with Crippen molar-refractivity contribution in [1.82, 2.24) is 0 Å². The van der Waals surface area contributed by atoms with E-state index in [4.69, 9.17) is 9.47 Å². The molecule has 0 bridgehead atoms. The second-order valence-electron chi connectivity index (χ2n) is 5.38. The Kier molecular flexibility index (Phi) is 3.71. The molecule has 110 valence electrons. The molecule has 2 heterocycles. The fourth-order valence-electron chi connectivity index (χ4n) is 3.01. The highest BCUT2D eigenvalue weighted by Gasteiger charge is 2.23. The average Bonchev–Trinajstić information content (AvgIpc) is 2.89. The normalized spacial score (nSPS) is 20.0. The molecule has 3 nitrogen and oxygen atoms in total. The standard InChI is InChI=1S/C16H16INO2S/c17-16-9-11-12(2-1-3-15(11)21-16)18-10-4-5-13-14(8-10)20-7-6-19-13/h4-5,8-9,12,18H,1-3,6-7H2. The number of thiophene rings is 1. The maximum atomic E-state index is 5.66. The molecule has 0 radical (unpaired) electrons. The quantitative estimate of drug-likeness (QED) is 0.730. The Morgan fingerprint density at radius 2 is 2.00 bits per heavy atom. The van der Waals surface area contributed by atoms with Crippen LogP contribution in [0.2, 0.25) is 0 Å². The molecule has 1 unspecified atom stereocenters. The van der Waals surface area contributed by atoms with E-state index in [1.807, 2.05) is 17.4 Å². The van der Waals surface area contributed by atoms with Crippen LogP contribution < -0.4 is 14.8 Å². The van der Waals surface area contributed by atoms with Crippen LogP contribution in [0.25, 0.3) is 0 Å². The lowest BCUT2D eigenvalue weighted by atomic mass is 9.94. The predicted octanol–water partition coefficient (Wildman–Crippen LogP) is 4.61. The van der Waals surface area contributed by atoms with Gasteiger partial charge in [-0.2, -0.15) is 0 Å². The van der Waals surface area contributed by atoms with Crippen LogP contribution in [0.3, 0.4) is 0 Å². The summed E-state index contributed by atoms with van der Waals surface area (Å²) in [6.07, 6.45) is 3.67. The van der Waals surface area contributed by atoms with Gasteiger partial charge in [0, 0.05) is 16.6 Å². The number of nitrogens with one attached hydrogen (secondary N) is 1. The molecule has 1 aliphatic heterocycles. The lowest BCUT2D eigenvalue weighted by molar-refractivity contribution is 0.171. The molecule has 2 aliphatic rings. The van der Waals surface area contributed by atoms with E-state index in [-0.39, 0.29) is 0 Å². The fourth-order valence-corrected chi connectivity index (χ4v) is 5.13. The fraction of sp³-hybridized carbons (Fsp3) is 0.375. The number of rotatable bonds is 2. The summed E-state index contributed by atoms with van der Waals surface area (Å²) in [5.74, 6) is 1.70. The number of hydrogen-bond acceptors (Lipinski definition) is 4. The molecule has 0 fully saturated rings. The molecule has 1 atom stereocenters. The van der Waals surface area contributed by atoms with Crippen LogP contribution in [-0.2, 0) is 6.42 Å². The van der Waals surface area contributed by atoms with Gasteiger partial charge in [0.15, 0.2) is 11.5 Å². The summed E-state index contributed by atoms with van der Waals surface area (Å²) in [6.45, 7) is 1.27. The summed E-state index contributed by atoms with van der Waals surface area (Å²) in [4.78, 5) is 1.54. The zero-order chi connectivity index (χ0) is 14.2. The molecule has 0 saturated heterocycles. The first-order chi connectivity index (χ1) is 10.3. The Balaban J connectivity index is 1.59. The molecular weight excluding hydrogens is 397 g/mol. The Morgan fingerprint density at radius 3 is 2.90 bits per heavy atom. The first-order valence-electron chi connectivity index (χ1n) is 7.24. The van der Waals surface area contributed by atoms with E-state index in [1.54, 1.807) is 4.88 Å². The molecule has 21 heavy (non-hydrogen) atoms. The Bertz CT molecular complexity index is 670. The van der Waals surface area contributed by atoms with E-state index in [2.05, 4.69) is 46.1 Å². The molecule has 0 saturated carbocycles. The van der Waals surface area contributed by atoms with Crippen LogP contribution in [0.5, 0.6) is 11.5 Å². The van der Waals surface area contributed by atoms with Gasteiger partial charge in [-0.3, -0.25) is 0 Å². The van der Waals surface area contributed by atoms with Gasteiger partial charge in [0.25, 0.3) is 0 Å². The zero-order valence-corrected chi connectivity index (χ0v) is 14.5. The third-order valence-corrected chi connectivity index (χ3v) is 5.94. The van der Waals surface area contributed by atoms with Gasteiger partial charge >= 0.3 is 0 Å². The predicted molar refractivity (Wildman–Crippen MR) is 93.8 cm³/mol. The molecule has 5 heteroatoms. The summed E-state index contributed by atoms with van der Waals surface area (Å²) in [5, 5.41) is 3.67. The number of ether oxygens (including phenoxy) is 2.